The summed E-state index contributed by atoms with van der Waals surface area (Å²) in [4.78, 5) is 16.9. The molecule has 0 bridgehead atoms. The van der Waals surface area contributed by atoms with E-state index in [0.29, 0.717) is 57.9 Å². The predicted molar refractivity (Wildman–Crippen MR) is 157 cm³/mol. The van der Waals surface area contributed by atoms with Crippen molar-refractivity contribution < 1.29 is 19.3 Å². The number of hydrogen-bond acceptors (Lipinski definition) is 10. The highest BCUT2D eigenvalue weighted by Crippen LogP contribution is 2.46. The number of nitrogens with zero attached hydrogens (tertiary/aromatic N) is 4. The lowest BCUT2D eigenvalue weighted by Gasteiger charge is -2.22. The van der Waals surface area contributed by atoms with Crippen molar-refractivity contribution in [1.82, 2.24) is 25.2 Å². The molecule has 4 heterocycles. The van der Waals surface area contributed by atoms with Gasteiger partial charge in [0.05, 0.1) is 66.5 Å². The summed E-state index contributed by atoms with van der Waals surface area (Å²) in [5, 5.41) is 17.9. The molecule has 2 aliphatic heterocycles. The maximum atomic E-state index is 9.97. The highest BCUT2D eigenvalue weighted by molar-refractivity contribution is 6.41. The van der Waals surface area contributed by atoms with E-state index in [0.717, 1.165) is 42.5 Å². The first-order valence-corrected chi connectivity index (χ1v) is 13.9. The highest BCUT2D eigenvalue weighted by Gasteiger charge is 2.30. The van der Waals surface area contributed by atoms with Gasteiger partial charge in [0.2, 0.25) is 5.95 Å². The molecule has 0 spiro atoms. The third-order valence-corrected chi connectivity index (χ3v) is 8.19. The molecule has 2 aromatic heterocycles. The van der Waals surface area contributed by atoms with Crippen molar-refractivity contribution in [3.63, 3.8) is 0 Å². The Morgan fingerprint density at radius 2 is 1.90 bits per heavy atom. The molecule has 0 amide bonds. The molecule has 0 saturated carbocycles. The number of ether oxygens (including phenoxy) is 3. The average Bonchev–Trinajstić information content (AvgIpc) is 3.56. The van der Waals surface area contributed by atoms with Gasteiger partial charge in [-0.2, -0.15) is 0 Å². The second kappa shape index (κ2) is 12.4. The van der Waals surface area contributed by atoms with Gasteiger partial charge in [0, 0.05) is 29.8 Å². The molecule has 40 heavy (non-hydrogen) atoms. The minimum absolute atomic E-state index is 0.131. The lowest BCUT2D eigenvalue weighted by molar-refractivity contribution is 0.149. The Bertz CT molecular complexity index is 1360. The Labute approximate surface area is 243 Å². The minimum Gasteiger partial charge on any atom is -0.495 e. The van der Waals surface area contributed by atoms with E-state index in [2.05, 4.69) is 34.1 Å². The van der Waals surface area contributed by atoms with Crippen LogP contribution in [0.3, 0.4) is 0 Å². The number of anilines is 1. The third kappa shape index (κ3) is 5.97. The number of aliphatic hydroxyl groups excluding tert-OH is 1. The molecule has 5 rings (SSSR count). The molecule has 3 N–H and O–H groups in total. The van der Waals surface area contributed by atoms with Crippen molar-refractivity contribution in [1.29, 1.82) is 0 Å². The summed E-state index contributed by atoms with van der Waals surface area (Å²) in [5.41, 5.74) is 2.72. The Hall–Kier alpha value is -2.73. The number of methoxy groups -OCH3 is 2. The van der Waals surface area contributed by atoms with Crippen LogP contribution < -0.4 is 20.1 Å². The predicted octanol–water partition coefficient (Wildman–Crippen LogP) is 3.78. The van der Waals surface area contributed by atoms with Gasteiger partial charge in [-0.1, -0.05) is 29.8 Å². The molecule has 1 aromatic carbocycles. The van der Waals surface area contributed by atoms with Gasteiger partial charge in [-0.15, -0.1) is 0 Å². The van der Waals surface area contributed by atoms with Crippen LogP contribution in [0.2, 0.25) is 10.0 Å². The van der Waals surface area contributed by atoms with Gasteiger partial charge in [0.15, 0.2) is 0 Å². The Morgan fingerprint density at radius 3 is 2.55 bits per heavy atom. The number of fused-ring (bicyclic) bond motifs is 1. The average molecular weight is 590 g/mol. The first-order chi connectivity index (χ1) is 19.3. The maximum Gasteiger partial charge on any atom is 0.223 e. The molecular formula is C28H34Cl2N6O4. The number of aromatic nitrogens is 3. The minimum atomic E-state index is -0.832. The number of nitrogens with one attached hydrogen (secondary N) is 2. The first kappa shape index (κ1) is 28.8. The zero-order valence-corrected chi connectivity index (χ0v) is 24.3. The monoisotopic (exact) mass is 588 g/mol. The number of hydrogen-bond donors (Lipinski definition) is 3. The molecule has 4 atom stereocenters. The lowest BCUT2D eigenvalue weighted by atomic mass is 9.99. The van der Waals surface area contributed by atoms with Gasteiger partial charge >= 0.3 is 0 Å². The van der Waals surface area contributed by atoms with E-state index < -0.39 is 6.23 Å². The number of rotatable bonds is 10. The number of likely N-dealkylation sites (tertiary alicyclic amines) is 1. The van der Waals surface area contributed by atoms with Crippen LogP contribution >= 0.6 is 23.2 Å². The fraction of sp³-hybridized carbons (Fsp3) is 0.464. The molecule has 2 saturated heterocycles. The second-order valence-corrected chi connectivity index (χ2v) is 11.0. The summed E-state index contributed by atoms with van der Waals surface area (Å²) in [6.07, 6.45) is 4.20. The van der Waals surface area contributed by atoms with Crippen LogP contribution in [0.15, 0.2) is 31.0 Å². The molecule has 0 aliphatic carbocycles. The standard InChI is InChI=1S/C28H34Cl2N6O4/c1-5-23(37)33-19-13-40-14-20(19)34-28-31-11-16-9-17(24-25(29)21(38-3)10-22(39-4)26(24)30)32-18(27(16)35-28)8-15-6-7-36(2)12-15/h5,9-11,15,19-20,23,33,37H,1,6-8,12-14H2,2-4H3,(H,31,34,35)/t15?,19-,20+,23?/m0/s1. The molecular weight excluding hydrogens is 555 g/mol. The van der Waals surface area contributed by atoms with Crippen LogP contribution in [0.1, 0.15) is 12.1 Å². The summed E-state index contributed by atoms with van der Waals surface area (Å²) < 4.78 is 16.6. The molecule has 2 aliphatic rings. The van der Waals surface area contributed by atoms with Crippen molar-refractivity contribution >= 4 is 40.1 Å². The van der Waals surface area contributed by atoms with Crippen LogP contribution in [-0.2, 0) is 11.2 Å². The quantitative estimate of drug-likeness (QED) is 0.239. The molecule has 2 fully saturated rings. The fourth-order valence-corrected chi connectivity index (χ4v) is 6.03. The fourth-order valence-electron chi connectivity index (χ4n) is 5.34. The maximum absolute atomic E-state index is 9.97. The number of aliphatic hydroxyl groups is 1. The van der Waals surface area contributed by atoms with Crippen LogP contribution in [0.4, 0.5) is 5.95 Å². The van der Waals surface area contributed by atoms with Gasteiger partial charge in [-0.05, 0) is 44.5 Å². The van der Waals surface area contributed by atoms with E-state index in [9.17, 15) is 5.11 Å². The van der Waals surface area contributed by atoms with E-state index >= 15 is 0 Å². The smallest absolute Gasteiger partial charge is 0.223 e. The van der Waals surface area contributed by atoms with Gasteiger partial charge in [-0.25, -0.2) is 9.97 Å². The summed E-state index contributed by atoms with van der Waals surface area (Å²) in [6.45, 7) is 6.55. The Kier molecular flexibility index (Phi) is 8.94. The molecule has 0 radical (unpaired) electrons. The third-order valence-electron chi connectivity index (χ3n) is 7.44. The highest BCUT2D eigenvalue weighted by atomic mass is 35.5. The van der Waals surface area contributed by atoms with Crippen LogP contribution in [0.25, 0.3) is 22.2 Å². The molecule has 2 unspecified atom stereocenters. The number of pyridine rings is 1. The second-order valence-electron chi connectivity index (χ2n) is 10.2. The van der Waals surface area contributed by atoms with Crippen molar-refractivity contribution in [2.75, 3.05) is 52.9 Å². The molecule has 12 heteroatoms. The summed E-state index contributed by atoms with van der Waals surface area (Å²) >= 11 is 13.5. The SMILES string of the molecule is C=CC(O)N[C@H]1COC[C@H]1Nc1ncc2cc(-c3c(Cl)c(OC)cc(OC)c3Cl)nc(CC3CCN(C)C3)c2n1. The van der Waals surface area contributed by atoms with E-state index in [-0.39, 0.29) is 12.1 Å². The molecule has 214 valence electrons. The zero-order chi connectivity index (χ0) is 28.4. The number of benzene rings is 1. The molecule has 3 aromatic rings. The first-order valence-electron chi connectivity index (χ1n) is 13.2. The van der Waals surface area contributed by atoms with Crippen molar-refractivity contribution in [2.24, 2.45) is 5.92 Å². The van der Waals surface area contributed by atoms with E-state index in [4.69, 9.17) is 47.4 Å². The van der Waals surface area contributed by atoms with Crippen LogP contribution in [-0.4, -0.2) is 90.8 Å². The topological polar surface area (TPSA) is 114 Å². The van der Waals surface area contributed by atoms with Crippen molar-refractivity contribution in [3.05, 3.63) is 46.7 Å². The molecule has 10 nitrogen and oxygen atoms in total. The van der Waals surface area contributed by atoms with Crippen LogP contribution in [0.5, 0.6) is 11.5 Å². The van der Waals surface area contributed by atoms with E-state index in [1.807, 2.05) is 6.07 Å². The van der Waals surface area contributed by atoms with Crippen molar-refractivity contribution in [3.8, 4) is 22.8 Å². The Balaban J connectivity index is 1.56. The van der Waals surface area contributed by atoms with Gasteiger partial charge in [-0.3, -0.25) is 10.3 Å². The van der Waals surface area contributed by atoms with Crippen LogP contribution in [0, 0.1) is 5.92 Å². The largest absolute Gasteiger partial charge is 0.495 e. The van der Waals surface area contributed by atoms with Gasteiger partial charge in [0.25, 0.3) is 0 Å². The summed E-state index contributed by atoms with van der Waals surface area (Å²) in [6, 6.07) is 3.29. The lowest BCUT2D eigenvalue weighted by Crippen LogP contribution is -2.47. The van der Waals surface area contributed by atoms with E-state index in [1.165, 1.54) is 6.08 Å². The van der Waals surface area contributed by atoms with Gasteiger partial charge in [0.1, 0.15) is 17.7 Å². The normalized spacial score (nSPS) is 22.0. The summed E-state index contributed by atoms with van der Waals surface area (Å²) in [7, 11) is 5.22. The Morgan fingerprint density at radius 1 is 1.18 bits per heavy atom. The van der Waals surface area contributed by atoms with Gasteiger partial charge < -0.3 is 29.5 Å². The number of halogens is 2. The van der Waals surface area contributed by atoms with E-state index in [1.54, 1.807) is 26.5 Å². The zero-order valence-electron chi connectivity index (χ0n) is 22.8. The van der Waals surface area contributed by atoms with Crippen molar-refractivity contribution in [2.45, 2.75) is 31.2 Å². The summed E-state index contributed by atoms with van der Waals surface area (Å²) in [5.74, 6) is 1.78.